The van der Waals surface area contributed by atoms with Crippen molar-refractivity contribution in [1.82, 2.24) is 4.57 Å². The molecule has 0 aliphatic rings. The summed E-state index contributed by atoms with van der Waals surface area (Å²) in [4.78, 5) is 15.6. The Bertz CT molecular complexity index is 1370. The lowest BCUT2D eigenvalue weighted by Gasteiger charge is -2.37. The lowest BCUT2D eigenvalue weighted by Crippen LogP contribution is -2.44. The number of nitrogens with zero attached hydrogens (tertiary/aromatic N) is 2. The maximum absolute atomic E-state index is 13.4. The number of aromatic nitrogens is 1. The Morgan fingerprint density at radius 2 is 1.35 bits per heavy atom. The van der Waals surface area contributed by atoms with Crippen molar-refractivity contribution < 1.29 is 18.7 Å². The van der Waals surface area contributed by atoms with Crippen LogP contribution < -0.4 is 14.1 Å². The highest BCUT2D eigenvalue weighted by molar-refractivity contribution is 6.74. The van der Waals surface area contributed by atoms with Crippen LogP contribution in [0.2, 0.25) is 18.1 Å². The first-order valence-corrected chi connectivity index (χ1v) is 16.4. The summed E-state index contributed by atoms with van der Waals surface area (Å²) in [7, 11) is 0.791. The third-order valence-corrected chi connectivity index (χ3v) is 11.9. The average Bonchev–Trinajstić information content (AvgIpc) is 3.31. The van der Waals surface area contributed by atoms with E-state index in [0.29, 0.717) is 24.5 Å². The molecule has 0 atom stereocenters. The summed E-state index contributed by atoms with van der Waals surface area (Å²) in [6.45, 7) is 12.2. The third kappa shape index (κ3) is 6.42. The molecule has 0 spiro atoms. The van der Waals surface area contributed by atoms with Gasteiger partial charge in [0, 0.05) is 19.2 Å². The zero-order chi connectivity index (χ0) is 28.9. The van der Waals surface area contributed by atoms with Gasteiger partial charge in [0.05, 0.1) is 19.9 Å². The van der Waals surface area contributed by atoms with Gasteiger partial charge in [0.1, 0.15) is 17.1 Å². The van der Waals surface area contributed by atoms with Crippen LogP contribution in [0.4, 0.5) is 5.82 Å². The first-order chi connectivity index (χ1) is 19.0. The fourth-order valence-corrected chi connectivity index (χ4v) is 5.31. The molecule has 1 aromatic heterocycles. The molecule has 0 aliphatic carbocycles. The Labute approximate surface area is 239 Å². The maximum atomic E-state index is 13.4. The number of benzene rings is 3. The van der Waals surface area contributed by atoms with Crippen LogP contribution in [0.1, 0.15) is 42.3 Å². The molecule has 0 bridgehead atoms. The quantitative estimate of drug-likeness (QED) is 0.147. The van der Waals surface area contributed by atoms with E-state index in [4.69, 9.17) is 13.9 Å². The molecule has 40 heavy (non-hydrogen) atoms. The Morgan fingerprint density at radius 1 is 0.825 bits per heavy atom. The van der Waals surface area contributed by atoms with Gasteiger partial charge in [-0.15, -0.1) is 0 Å². The van der Waals surface area contributed by atoms with Crippen molar-refractivity contribution in [2.45, 2.75) is 52.0 Å². The van der Waals surface area contributed by atoms with Gasteiger partial charge in [-0.05, 0) is 53.5 Å². The number of carbonyl (C=O) groups is 1. The van der Waals surface area contributed by atoms with Gasteiger partial charge in [0.25, 0.3) is 8.32 Å². The molecule has 4 rings (SSSR count). The average molecular weight is 557 g/mol. The molecule has 0 N–H and O–H groups in total. The summed E-state index contributed by atoms with van der Waals surface area (Å²) >= 11 is 0. The smallest absolute Gasteiger partial charge is 0.341 e. The summed E-state index contributed by atoms with van der Waals surface area (Å²) in [6, 6.07) is 30.2. The molecule has 1 heterocycles. The number of ether oxygens (including phenoxy) is 2. The van der Waals surface area contributed by atoms with Gasteiger partial charge in [0.2, 0.25) is 0 Å². The van der Waals surface area contributed by atoms with Gasteiger partial charge in [0.15, 0.2) is 5.88 Å². The van der Waals surface area contributed by atoms with E-state index in [1.807, 2.05) is 66.7 Å². The minimum atomic E-state index is -2.28. The van der Waals surface area contributed by atoms with Gasteiger partial charge in [-0.25, -0.2) is 4.79 Å². The number of methoxy groups -OCH3 is 2. The Hall–Kier alpha value is -3.97. The fourth-order valence-electron chi connectivity index (χ4n) is 4.33. The SMILES string of the molecule is COC(=O)c1cc(O[Si](C)(C)C(C)(C)C)n(-c2ccc(OC)cc2)c1N(Cc1ccccc1)Cc1ccccc1. The normalized spacial score (nSPS) is 11.7. The van der Waals surface area contributed by atoms with E-state index in [9.17, 15) is 4.79 Å². The van der Waals surface area contributed by atoms with Gasteiger partial charge in [-0.3, -0.25) is 4.57 Å². The molecule has 0 saturated carbocycles. The van der Waals surface area contributed by atoms with E-state index < -0.39 is 14.3 Å². The van der Waals surface area contributed by atoms with Crippen LogP contribution in [-0.2, 0) is 17.8 Å². The Morgan fingerprint density at radius 3 is 1.80 bits per heavy atom. The van der Waals surface area contributed by atoms with E-state index in [-0.39, 0.29) is 5.04 Å². The van der Waals surface area contributed by atoms with Crippen molar-refractivity contribution >= 4 is 20.1 Å². The summed E-state index contributed by atoms with van der Waals surface area (Å²) < 4.78 is 19.7. The second kappa shape index (κ2) is 12.0. The third-order valence-electron chi connectivity index (χ3n) is 7.57. The van der Waals surface area contributed by atoms with Crippen molar-refractivity contribution in [2.75, 3.05) is 19.1 Å². The predicted molar refractivity (Wildman–Crippen MR) is 164 cm³/mol. The van der Waals surface area contributed by atoms with Crippen molar-refractivity contribution in [3.63, 3.8) is 0 Å². The summed E-state index contributed by atoms with van der Waals surface area (Å²) in [5.41, 5.74) is 3.58. The van der Waals surface area contributed by atoms with Gasteiger partial charge >= 0.3 is 5.97 Å². The van der Waals surface area contributed by atoms with E-state index in [1.165, 1.54) is 7.11 Å². The molecular formula is C33H40N2O4Si. The van der Waals surface area contributed by atoms with Gasteiger partial charge < -0.3 is 18.8 Å². The molecule has 0 aliphatic heterocycles. The van der Waals surface area contributed by atoms with E-state index in [2.05, 4.69) is 67.6 Å². The van der Waals surface area contributed by atoms with Crippen LogP contribution in [0.25, 0.3) is 5.69 Å². The molecule has 4 aromatic rings. The molecule has 0 amide bonds. The molecular weight excluding hydrogens is 516 g/mol. The highest BCUT2D eigenvalue weighted by Gasteiger charge is 2.41. The number of hydrogen-bond acceptors (Lipinski definition) is 5. The van der Waals surface area contributed by atoms with Crippen LogP contribution in [0.5, 0.6) is 11.6 Å². The molecule has 0 unspecified atom stereocenters. The topological polar surface area (TPSA) is 52.9 Å². The van der Waals surface area contributed by atoms with E-state index in [0.717, 1.165) is 28.4 Å². The molecule has 7 heteroatoms. The minimum absolute atomic E-state index is 0.0403. The highest BCUT2D eigenvalue weighted by Crippen LogP contribution is 2.42. The molecule has 0 fully saturated rings. The fraction of sp³-hybridized carbons (Fsp3) is 0.303. The lowest BCUT2D eigenvalue weighted by atomic mass is 10.1. The van der Waals surface area contributed by atoms with Gasteiger partial charge in [-0.1, -0.05) is 81.4 Å². The van der Waals surface area contributed by atoms with Crippen LogP contribution in [0.3, 0.4) is 0 Å². The molecule has 210 valence electrons. The molecule has 0 saturated heterocycles. The number of anilines is 1. The second-order valence-corrected chi connectivity index (χ2v) is 16.2. The van der Waals surface area contributed by atoms with Crippen molar-refractivity contribution in [1.29, 1.82) is 0 Å². The minimum Gasteiger partial charge on any atom is -0.531 e. The second-order valence-electron chi connectivity index (χ2n) is 11.4. The van der Waals surface area contributed by atoms with Gasteiger partial charge in [-0.2, -0.15) is 0 Å². The zero-order valence-electron chi connectivity index (χ0n) is 24.6. The monoisotopic (exact) mass is 556 g/mol. The lowest BCUT2D eigenvalue weighted by molar-refractivity contribution is 0.0601. The number of esters is 1. The van der Waals surface area contributed by atoms with Crippen LogP contribution in [0.15, 0.2) is 91.0 Å². The van der Waals surface area contributed by atoms with Crippen LogP contribution in [-0.4, -0.2) is 33.1 Å². The van der Waals surface area contributed by atoms with Crippen LogP contribution in [0, 0.1) is 0 Å². The molecule has 6 nitrogen and oxygen atoms in total. The molecule has 0 radical (unpaired) electrons. The summed E-state index contributed by atoms with van der Waals surface area (Å²) in [6.07, 6.45) is 0. The maximum Gasteiger partial charge on any atom is 0.341 e. The summed E-state index contributed by atoms with van der Waals surface area (Å²) in [5.74, 6) is 1.69. The Balaban J connectivity index is 1.98. The van der Waals surface area contributed by atoms with Crippen molar-refractivity contribution in [3.05, 3.63) is 108 Å². The summed E-state index contributed by atoms with van der Waals surface area (Å²) in [5, 5.41) is -0.0403. The highest BCUT2D eigenvalue weighted by atomic mass is 28.4. The first kappa shape index (κ1) is 29.0. The zero-order valence-corrected chi connectivity index (χ0v) is 25.6. The number of hydrogen-bond donors (Lipinski definition) is 0. The van der Waals surface area contributed by atoms with Crippen LogP contribution >= 0.6 is 0 Å². The predicted octanol–water partition coefficient (Wildman–Crippen LogP) is 7.86. The largest absolute Gasteiger partial charge is 0.531 e. The van der Waals surface area contributed by atoms with E-state index in [1.54, 1.807) is 7.11 Å². The van der Waals surface area contributed by atoms with Crippen molar-refractivity contribution in [2.24, 2.45) is 0 Å². The standard InChI is InChI=1S/C33H40N2O4Si/c1-33(2,3)40(6,7)39-30-22-29(32(36)38-5)31(35(30)27-18-20-28(37-4)21-19-27)34(23-25-14-10-8-11-15-25)24-26-16-12-9-13-17-26/h8-22H,23-24H2,1-7H3. The van der Waals surface area contributed by atoms with Crippen molar-refractivity contribution in [3.8, 4) is 17.3 Å². The van der Waals surface area contributed by atoms with E-state index >= 15 is 0 Å². The number of carbonyl (C=O) groups excluding carboxylic acids is 1. The number of rotatable bonds is 10. The first-order valence-electron chi connectivity index (χ1n) is 13.5. The Kier molecular flexibility index (Phi) is 8.74. The molecule has 3 aromatic carbocycles.